The van der Waals surface area contributed by atoms with E-state index in [1.807, 2.05) is 19.1 Å². The average Bonchev–Trinajstić information content (AvgIpc) is 2.53. The molecule has 0 heterocycles. The Bertz CT molecular complexity index is 692. The summed E-state index contributed by atoms with van der Waals surface area (Å²) in [6, 6.07) is 13.8. The third-order valence-electron chi connectivity index (χ3n) is 3.22. The predicted octanol–water partition coefficient (Wildman–Crippen LogP) is 3.84. The van der Waals surface area contributed by atoms with Crippen LogP contribution in [-0.2, 0) is 16.4 Å². The van der Waals surface area contributed by atoms with Crippen LogP contribution < -0.4 is 9.46 Å². The van der Waals surface area contributed by atoms with Crippen molar-refractivity contribution in [3.63, 3.8) is 0 Å². The molecule has 0 aliphatic heterocycles. The van der Waals surface area contributed by atoms with Gasteiger partial charge in [0.25, 0.3) is 10.0 Å². The number of sulfonamides is 1. The molecule has 0 aromatic heterocycles. The Kier molecular flexibility index (Phi) is 5.44. The molecule has 4 nitrogen and oxygen atoms in total. The van der Waals surface area contributed by atoms with Crippen LogP contribution in [0.4, 0.5) is 5.69 Å². The molecule has 1 N–H and O–H groups in total. The lowest BCUT2D eigenvalue weighted by atomic mass is 10.2. The van der Waals surface area contributed by atoms with Crippen LogP contribution in [0, 0.1) is 0 Å². The Morgan fingerprint density at radius 3 is 2.14 bits per heavy atom. The van der Waals surface area contributed by atoms with Crippen LogP contribution in [0.25, 0.3) is 0 Å². The summed E-state index contributed by atoms with van der Waals surface area (Å²) in [5.41, 5.74) is 1.73. The van der Waals surface area contributed by atoms with Gasteiger partial charge < -0.3 is 4.74 Å². The fourth-order valence-corrected chi connectivity index (χ4v) is 3.02. The Hall–Kier alpha value is -2.01. The lowest BCUT2D eigenvalue weighted by Crippen LogP contribution is -2.12. The number of anilines is 1. The minimum absolute atomic E-state index is 0.218. The molecule has 5 heteroatoms. The average molecular weight is 319 g/mol. The zero-order chi connectivity index (χ0) is 16.0. The van der Waals surface area contributed by atoms with Gasteiger partial charge in [0.05, 0.1) is 11.5 Å². The molecule has 0 aliphatic carbocycles. The maximum absolute atomic E-state index is 12.3. The molecular formula is C17H21NO3S. The zero-order valence-corrected chi connectivity index (χ0v) is 13.7. The molecule has 0 fully saturated rings. The normalized spacial score (nSPS) is 11.2. The highest BCUT2D eigenvalue weighted by atomic mass is 32.2. The minimum atomic E-state index is -3.58. The van der Waals surface area contributed by atoms with Gasteiger partial charge >= 0.3 is 0 Å². The predicted molar refractivity (Wildman–Crippen MR) is 88.9 cm³/mol. The van der Waals surface area contributed by atoms with Crippen LogP contribution in [0.5, 0.6) is 5.75 Å². The van der Waals surface area contributed by atoms with Crippen LogP contribution >= 0.6 is 0 Å². The van der Waals surface area contributed by atoms with Crippen molar-refractivity contribution in [2.75, 3.05) is 11.3 Å². The number of hydrogen-bond donors (Lipinski definition) is 1. The van der Waals surface area contributed by atoms with E-state index in [1.54, 1.807) is 36.4 Å². The fraction of sp³-hybridized carbons (Fsp3) is 0.294. The smallest absolute Gasteiger partial charge is 0.261 e. The lowest BCUT2D eigenvalue weighted by molar-refractivity contribution is 0.317. The molecule has 0 bridgehead atoms. The molecule has 22 heavy (non-hydrogen) atoms. The van der Waals surface area contributed by atoms with E-state index in [9.17, 15) is 8.42 Å². The molecule has 0 amide bonds. The fourth-order valence-electron chi connectivity index (χ4n) is 1.96. The Labute approximate surface area is 132 Å². The number of benzene rings is 2. The number of nitrogens with one attached hydrogen (secondary N) is 1. The second-order valence-corrected chi connectivity index (χ2v) is 6.66. The van der Waals surface area contributed by atoms with E-state index in [-0.39, 0.29) is 4.90 Å². The van der Waals surface area contributed by atoms with Crippen LogP contribution in [0.3, 0.4) is 0 Å². The first-order valence-corrected chi connectivity index (χ1v) is 8.88. The standard InChI is InChI=1S/C17H21NO3S/c1-3-13-21-16-9-11-17(12-10-16)22(19,20)18-15-7-5-14(4-2)6-8-15/h5-12,18H,3-4,13H2,1-2H3. The van der Waals surface area contributed by atoms with Crippen molar-refractivity contribution < 1.29 is 13.2 Å². The third kappa shape index (κ3) is 4.24. The topological polar surface area (TPSA) is 55.4 Å². The van der Waals surface area contributed by atoms with Crippen molar-refractivity contribution in [3.05, 3.63) is 54.1 Å². The molecule has 0 saturated carbocycles. The second-order valence-electron chi connectivity index (χ2n) is 4.98. The molecule has 2 aromatic rings. The SMILES string of the molecule is CCCOc1ccc(S(=O)(=O)Nc2ccc(CC)cc2)cc1. The van der Waals surface area contributed by atoms with Crippen LogP contribution in [-0.4, -0.2) is 15.0 Å². The van der Waals surface area contributed by atoms with Gasteiger partial charge in [-0.15, -0.1) is 0 Å². The number of hydrogen-bond acceptors (Lipinski definition) is 3. The first-order valence-electron chi connectivity index (χ1n) is 7.39. The second kappa shape index (κ2) is 7.31. The number of rotatable bonds is 7. The summed E-state index contributed by atoms with van der Waals surface area (Å²) in [5.74, 6) is 0.674. The monoisotopic (exact) mass is 319 g/mol. The van der Waals surface area contributed by atoms with Gasteiger partial charge in [0, 0.05) is 5.69 Å². The maximum atomic E-state index is 12.3. The highest BCUT2D eigenvalue weighted by Gasteiger charge is 2.14. The van der Waals surface area contributed by atoms with Crippen molar-refractivity contribution in [2.45, 2.75) is 31.6 Å². The van der Waals surface area contributed by atoms with Gasteiger partial charge in [-0.05, 0) is 54.8 Å². The van der Waals surface area contributed by atoms with Gasteiger partial charge in [-0.1, -0.05) is 26.0 Å². The first kappa shape index (κ1) is 16.4. The molecule has 0 spiro atoms. The van der Waals surface area contributed by atoms with E-state index in [0.29, 0.717) is 18.0 Å². The summed E-state index contributed by atoms with van der Waals surface area (Å²) < 4.78 is 32.7. The van der Waals surface area contributed by atoms with Gasteiger partial charge in [-0.25, -0.2) is 8.42 Å². The van der Waals surface area contributed by atoms with Crippen molar-refractivity contribution in [3.8, 4) is 5.75 Å². The summed E-state index contributed by atoms with van der Waals surface area (Å²) in [4.78, 5) is 0.218. The van der Waals surface area contributed by atoms with E-state index in [4.69, 9.17) is 4.74 Å². The summed E-state index contributed by atoms with van der Waals surface area (Å²) in [6.07, 6.45) is 1.83. The molecule has 0 saturated heterocycles. The van der Waals surface area contributed by atoms with Gasteiger partial charge in [-0.3, -0.25) is 4.72 Å². The third-order valence-corrected chi connectivity index (χ3v) is 4.62. The molecule has 118 valence electrons. The summed E-state index contributed by atoms with van der Waals surface area (Å²) >= 11 is 0. The van der Waals surface area contributed by atoms with Crippen molar-refractivity contribution in [1.29, 1.82) is 0 Å². The maximum Gasteiger partial charge on any atom is 0.261 e. The minimum Gasteiger partial charge on any atom is -0.494 e. The van der Waals surface area contributed by atoms with Crippen molar-refractivity contribution in [2.24, 2.45) is 0 Å². The molecule has 0 radical (unpaired) electrons. The molecule has 2 aromatic carbocycles. The quantitative estimate of drug-likeness (QED) is 0.843. The van der Waals surface area contributed by atoms with Crippen molar-refractivity contribution in [1.82, 2.24) is 0 Å². The zero-order valence-electron chi connectivity index (χ0n) is 12.9. The molecule has 0 aliphatic rings. The Morgan fingerprint density at radius 2 is 1.59 bits per heavy atom. The van der Waals surface area contributed by atoms with E-state index in [1.165, 1.54) is 5.56 Å². The summed E-state index contributed by atoms with van der Waals surface area (Å²) in [6.45, 7) is 4.70. The summed E-state index contributed by atoms with van der Waals surface area (Å²) in [5, 5.41) is 0. The van der Waals surface area contributed by atoms with Crippen LogP contribution in [0.1, 0.15) is 25.8 Å². The lowest BCUT2D eigenvalue weighted by Gasteiger charge is -2.10. The highest BCUT2D eigenvalue weighted by molar-refractivity contribution is 7.92. The highest BCUT2D eigenvalue weighted by Crippen LogP contribution is 2.20. The van der Waals surface area contributed by atoms with Crippen molar-refractivity contribution >= 4 is 15.7 Å². The molecule has 0 atom stereocenters. The number of aryl methyl sites for hydroxylation is 1. The van der Waals surface area contributed by atoms with Gasteiger partial charge in [-0.2, -0.15) is 0 Å². The summed E-state index contributed by atoms with van der Waals surface area (Å²) in [7, 11) is -3.58. The molecule has 0 unspecified atom stereocenters. The Morgan fingerprint density at radius 1 is 0.955 bits per heavy atom. The van der Waals surface area contributed by atoms with E-state index >= 15 is 0 Å². The van der Waals surface area contributed by atoms with Gasteiger partial charge in [0.15, 0.2) is 0 Å². The Balaban J connectivity index is 2.11. The van der Waals surface area contributed by atoms with Crippen LogP contribution in [0.15, 0.2) is 53.4 Å². The van der Waals surface area contributed by atoms with E-state index < -0.39 is 10.0 Å². The molecule has 2 rings (SSSR count). The number of ether oxygens (including phenoxy) is 1. The van der Waals surface area contributed by atoms with Gasteiger partial charge in [0.2, 0.25) is 0 Å². The first-order chi connectivity index (χ1) is 10.5. The molecular weight excluding hydrogens is 298 g/mol. The van der Waals surface area contributed by atoms with Gasteiger partial charge in [0.1, 0.15) is 5.75 Å². The van der Waals surface area contributed by atoms with Crippen LogP contribution in [0.2, 0.25) is 0 Å². The van der Waals surface area contributed by atoms with E-state index in [0.717, 1.165) is 12.8 Å². The largest absolute Gasteiger partial charge is 0.494 e. The van der Waals surface area contributed by atoms with E-state index in [2.05, 4.69) is 11.6 Å².